The number of nitro benzene ring substituents is 1. The van der Waals surface area contributed by atoms with Crippen molar-refractivity contribution in [2.75, 3.05) is 6.61 Å². The van der Waals surface area contributed by atoms with Crippen molar-refractivity contribution in [1.82, 2.24) is 15.2 Å². The standard InChI is InChI=1S/C13H14N4O4S/c1-2-3-6-21-12(18)9-4-5-11(10(7-9)17(19)20)22-13-14-8-15-16-13/h4-5,7-8H,2-3,6H2,1H3,(H,14,15,16). The van der Waals surface area contributed by atoms with E-state index in [4.69, 9.17) is 4.74 Å². The highest BCUT2D eigenvalue weighted by molar-refractivity contribution is 7.99. The molecule has 0 aliphatic rings. The molecule has 2 rings (SSSR count). The molecule has 1 aromatic carbocycles. The number of ether oxygens (including phenoxy) is 1. The van der Waals surface area contributed by atoms with Crippen LogP contribution in [0.2, 0.25) is 0 Å². The van der Waals surface area contributed by atoms with Crippen LogP contribution in [0.4, 0.5) is 5.69 Å². The monoisotopic (exact) mass is 322 g/mol. The summed E-state index contributed by atoms with van der Waals surface area (Å²) in [4.78, 5) is 26.8. The van der Waals surface area contributed by atoms with E-state index in [-0.39, 0.29) is 11.3 Å². The molecule has 0 fully saturated rings. The first-order valence-corrected chi connectivity index (χ1v) is 7.42. The Hall–Kier alpha value is -2.42. The van der Waals surface area contributed by atoms with Gasteiger partial charge in [-0.15, -0.1) is 0 Å². The normalized spacial score (nSPS) is 10.4. The number of hydrogen-bond donors (Lipinski definition) is 1. The average Bonchev–Trinajstić information content (AvgIpc) is 3.00. The van der Waals surface area contributed by atoms with E-state index in [1.165, 1.54) is 24.5 Å². The Bertz CT molecular complexity index is 660. The van der Waals surface area contributed by atoms with Gasteiger partial charge in [-0.3, -0.25) is 15.2 Å². The summed E-state index contributed by atoms with van der Waals surface area (Å²) in [5.41, 5.74) is -0.0175. The molecule has 22 heavy (non-hydrogen) atoms. The predicted molar refractivity (Wildman–Crippen MR) is 78.8 cm³/mol. The highest BCUT2D eigenvalue weighted by Crippen LogP contribution is 2.33. The number of esters is 1. The van der Waals surface area contributed by atoms with Crippen molar-refractivity contribution in [3.8, 4) is 0 Å². The Morgan fingerprint density at radius 1 is 1.50 bits per heavy atom. The molecule has 2 aromatic rings. The first kappa shape index (κ1) is 16.0. The Kier molecular flexibility index (Phi) is 5.48. The van der Waals surface area contributed by atoms with E-state index >= 15 is 0 Å². The molecule has 0 atom stereocenters. The average molecular weight is 322 g/mol. The highest BCUT2D eigenvalue weighted by atomic mass is 32.2. The molecule has 0 saturated carbocycles. The number of carbonyl (C=O) groups is 1. The molecule has 1 heterocycles. The molecule has 1 N–H and O–H groups in total. The van der Waals surface area contributed by atoms with E-state index < -0.39 is 10.9 Å². The molecule has 0 spiro atoms. The zero-order valence-corrected chi connectivity index (χ0v) is 12.6. The van der Waals surface area contributed by atoms with Crippen LogP contribution in [0.15, 0.2) is 34.6 Å². The third-order valence-electron chi connectivity index (χ3n) is 2.72. The third-order valence-corrected chi connectivity index (χ3v) is 3.68. The van der Waals surface area contributed by atoms with Gasteiger partial charge in [0.2, 0.25) is 0 Å². The van der Waals surface area contributed by atoms with Gasteiger partial charge in [0.15, 0.2) is 5.16 Å². The van der Waals surface area contributed by atoms with Crippen LogP contribution in [-0.2, 0) is 4.74 Å². The van der Waals surface area contributed by atoms with Gasteiger partial charge in [-0.25, -0.2) is 9.78 Å². The fourth-order valence-electron chi connectivity index (χ4n) is 1.61. The number of nitrogens with zero attached hydrogens (tertiary/aromatic N) is 3. The van der Waals surface area contributed by atoms with Crippen LogP contribution in [0.3, 0.4) is 0 Å². The zero-order chi connectivity index (χ0) is 15.9. The van der Waals surface area contributed by atoms with Gasteiger partial charge in [-0.2, -0.15) is 5.10 Å². The minimum Gasteiger partial charge on any atom is -0.462 e. The Morgan fingerprint density at radius 3 is 2.95 bits per heavy atom. The molecule has 116 valence electrons. The quantitative estimate of drug-likeness (QED) is 0.361. The molecule has 9 heteroatoms. The van der Waals surface area contributed by atoms with Crippen molar-refractivity contribution < 1.29 is 14.5 Å². The minimum absolute atomic E-state index is 0.157. The first-order chi connectivity index (χ1) is 10.6. The number of nitro groups is 1. The van der Waals surface area contributed by atoms with Gasteiger partial charge in [-0.05, 0) is 30.3 Å². The van der Waals surface area contributed by atoms with Crippen LogP contribution < -0.4 is 0 Å². The van der Waals surface area contributed by atoms with Crippen molar-refractivity contribution in [3.63, 3.8) is 0 Å². The van der Waals surface area contributed by atoms with Gasteiger partial charge < -0.3 is 4.74 Å². The van der Waals surface area contributed by atoms with Gasteiger partial charge in [0.1, 0.15) is 6.33 Å². The highest BCUT2D eigenvalue weighted by Gasteiger charge is 2.19. The topological polar surface area (TPSA) is 111 Å². The second-order valence-electron chi connectivity index (χ2n) is 4.32. The van der Waals surface area contributed by atoms with Crippen LogP contribution in [0.5, 0.6) is 0 Å². The van der Waals surface area contributed by atoms with E-state index in [2.05, 4.69) is 15.2 Å². The molecule has 0 saturated heterocycles. The molecule has 0 aliphatic heterocycles. The van der Waals surface area contributed by atoms with Gasteiger partial charge >= 0.3 is 5.97 Å². The summed E-state index contributed by atoms with van der Waals surface area (Å²) in [6, 6.07) is 4.22. The van der Waals surface area contributed by atoms with Crippen LogP contribution in [-0.4, -0.2) is 32.7 Å². The summed E-state index contributed by atoms with van der Waals surface area (Å²) in [5.74, 6) is -0.562. The predicted octanol–water partition coefficient (Wildman–Crippen LogP) is 2.82. The van der Waals surface area contributed by atoms with E-state index in [1.54, 1.807) is 0 Å². The number of H-pyrrole nitrogens is 1. The summed E-state index contributed by atoms with van der Waals surface area (Å²) >= 11 is 1.07. The lowest BCUT2D eigenvalue weighted by Gasteiger charge is -2.05. The Labute approximate surface area is 130 Å². The minimum atomic E-state index is -0.562. The molecule has 0 bridgehead atoms. The second-order valence-corrected chi connectivity index (χ2v) is 5.35. The summed E-state index contributed by atoms with van der Waals surface area (Å²) in [5, 5.41) is 17.9. The van der Waals surface area contributed by atoms with E-state index in [9.17, 15) is 14.9 Å². The fourth-order valence-corrected chi connectivity index (χ4v) is 2.39. The maximum Gasteiger partial charge on any atom is 0.338 e. The maximum absolute atomic E-state index is 11.8. The number of benzene rings is 1. The number of aromatic nitrogens is 3. The molecular formula is C13H14N4O4S. The summed E-state index contributed by atoms with van der Waals surface area (Å²) in [6.45, 7) is 2.28. The number of unbranched alkanes of at least 4 members (excludes halogenated alkanes) is 1. The lowest BCUT2D eigenvalue weighted by Crippen LogP contribution is -2.07. The van der Waals surface area contributed by atoms with Crippen molar-refractivity contribution in [2.45, 2.75) is 29.8 Å². The smallest absolute Gasteiger partial charge is 0.338 e. The van der Waals surface area contributed by atoms with Gasteiger partial charge in [-0.1, -0.05) is 13.3 Å². The Balaban J connectivity index is 2.19. The van der Waals surface area contributed by atoms with Crippen LogP contribution >= 0.6 is 11.8 Å². The Morgan fingerprint density at radius 2 is 2.32 bits per heavy atom. The fraction of sp³-hybridized carbons (Fsp3) is 0.308. The van der Waals surface area contributed by atoms with Gasteiger partial charge in [0, 0.05) is 6.07 Å². The number of hydrogen-bond acceptors (Lipinski definition) is 7. The van der Waals surface area contributed by atoms with E-state index in [0.29, 0.717) is 16.7 Å². The van der Waals surface area contributed by atoms with E-state index in [0.717, 1.165) is 24.6 Å². The summed E-state index contributed by atoms with van der Waals surface area (Å²) in [7, 11) is 0. The van der Waals surface area contributed by atoms with Crippen molar-refractivity contribution >= 4 is 23.4 Å². The lowest BCUT2D eigenvalue weighted by molar-refractivity contribution is -0.387. The van der Waals surface area contributed by atoms with Crippen LogP contribution in [0.25, 0.3) is 0 Å². The SMILES string of the molecule is CCCCOC(=O)c1ccc(Sc2ncn[nH]2)c([N+](=O)[O-])c1. The molecule has 0 amide bonds. The van der Waals surface area contributed by atoms with Crippen molar-refractivity contribution in [3.05, 3.63) is 40.2 Å². The molecule has 1 aromatic heterocycles. The van der Waals surface area contributed by atoms with E-state index in [1.807, 2.05) is 6.92 Å². The number of aromatic amines is 1. The molecule has 0 aliphatic carbocycles. The maximum atomic E-state index is 11.8. The third kappa shape index (κ3) is 4.04. The lowest BCUT2D eigenvalue weighted by atomic mass is 10.2. The molecular weight excluding hydrogens is 308 g/mol. The second kappa shape index (κ2) is 7.55. The number of nitrogens with one attached hydrogen (secondary N) is 1. The molecule has 0 radical (unpaired) electrons. The van der Waals surface area contributed by atoms with Gasteiger partial charge in [0.05, 0.1) is 22.0 Å². The van der Waals surface area contributed by atoms with Gasteiger partial charge in [0.25, 0.3) is 5.69 Å². The number of carbonyl (C=O) groups excluding carboxylic acids is 1. The van der Waals surface area contributed by atoms with Crippen molar-refractivity contribution in [2.24, 2.45) is 0 Å². The van der Waals surface area contributed by atoms with Crippen LogP contribution in [0, 0.1) is 10.1 Å². The molecule has 0 unspecified atom stereocenters. The molecule has 8 nitrogen and oxygen atoms in total. The number of rotatable bonds is 7. The summed E-state index contributed by atoms with van der Waals surface area (Å²) < 4.78 is 5.05. The largest absolute Gasteiger partial charge is 0.462 e. The van der Waals surface area contributed by atoms with Crippen molar-refractivity contribution in [1.29, 1.82) is 0 Å². The summed E-state index contributed by atoms with van der Waals surface area (Å²) in [6.07, 6.45) is 2.97. The zero-order valence-electron chi connectivity index (χ0n) is 11.8. The first-order valence-electron chi connectivity index (χ1n) is 6.60. The van der Waals surface area contributed by atoms with Crippen LogP contribution in [0.1, 0.15) is 30.1 Å².